The van der Waals surface area contributed by atoms with E-state index in [0.717, 1.165) is 29.6 Å². The van der Waals surface area contributed by atoms with E-state index in [9.17, 15) is 31.5 Å². The van der Waals surface area contributed by atoms with E-state index in [1.807, 2.05) is 32.0 Å². The summed E-state index contributed by atoms with van der Waals surface area (Å²) >= 11 is 0.113. The molecule has 0 aliphatic carbocycles. The molecule has 208 valence electrons. The summed E-state index contributed by atoms with van der Waals surface area (Å²) in [6, 6.07) is 11.0. The second-order valence-electron chi connectivity index (χ2n) is 9.71. The molecule has 0 radical (unpaired) electrons. The predicted molar refractivity (Wildman–Crippen MR) is 137 cm³/mol. The van der Waals surface area contributed by atoms with Crippen LogP contribution in [0.2, 0.25) is 0 Å². The van der Waals surface area contributed by atoms with Crippen LogP contribution in [-0.2, 0) is 33.8 Å². The first-order chi connectivity index (χ1) is 17.1. The Bertz CT molecular complexity index is 1120. The Morgan fingerprint density at radius 1 is 1.14 bits per heavy atom. The van der Waals surface area contributed by atoms with E-state index >= 15 is 0 Å². The topological polar surface area (TPSA) is 107 Å². The van der Waals surface area contributed by atoms with Crippen LogP contribution in [0.4, 0.5) is 13.2 Å². The SMILES string of the molecule is CN(C[C@H](O)CNC(C)(C)CCCc1ccccc1)S(=O)(=O)c1cc(CCCC(=O)O)c(C(F)(F)F)s1. The van der Waals surface area contributed by atoms with Gasteiger partial charge >= 0.3 is 12.1 Å². The molecule has 2 rings (SSSR count). The highest BCUT2D eigenvalue weighted by atomic mass is 32.2. The van der Waals surface area contributed by atoms with E-state index in [0.29, 0.717) is 0 Å². The minimum absolute atomic E-state index is 0.0456. The van der Waals surface area contributed by atoms with Gasteiger partial charge in [-0.3, -0.25) is 4.79 Å². The van der Waals surface area contributed by atoms with E-state index in [1.165, 1.54) is 12.6 Å². The van der Waals surface area contributed by atoms with Gasteiger partial charge in [0.25, 0.3) is 10.0 Å². The summed E-state index contributed by atoms with van der Waals surface area (Å²) < 4.78 is 66.7. The molecule has 0 fully saturated rings. The molecule has 0 bridgehead atoms. The van der Waals surface area contributed by atoms with Gasteiger partial charge in [-0.05, 0) is 63.1 Å². The third kappa shape index (κ3) is 10.0. The first-order valence-electron chi connectivity index (χ1n) is 12.0. The minimum Gasteiger partial charge on any atom is -0.481 e. The summed E-state index contributed by atoms with van der Waals surface area (Å²) in [6.07, 6.45) is -3.76. The van der Waals surface area contributed by atoms with Crippen LogP contribution in [0.5, 0.6) is 0 Å². The molecular formula is C25H35F3N2O5S2. The number of rotatable bonds is 15. The number of sulfonamides is 1. The number of nitrogens with one attached hydrogen (secondary N) is 1. The lowest BCUT2D eigenvalue weighted by atomic mass is 9.95. The Morgan fingerprint density at radius 3 is 2.38 bits per heavy atom. The number of alkyl halides is 3. The van der Waals surface area contributed by atoms with Gasteiger partial charge in [0.2, 0.25) is 0 Å². The number of hydrogen-bond acceptors (Lipinski definition) is 6. The number of likely N-dealkylation sites (N-methyl/N-ethyl adjacent to an activating group) is 1. The lowest BCUT2D eigenvalue weighted by Gasteiger charge is -2.29. The molecule has 0 unspecified atom stereocenters. The van der Waals surface area contributed by atoms with Crippen LogP contribution < -0.4 is 5.32 Å². The van der Waals surface area contributed by atoms with Crippen LogP contribution in [0.3, 0.4) is 0 Å². The highest BCUT2D eigenvalue weighted by molar-refractivity contribution is 7.91. The monoisotopic (exact) mass is 564 g/mol. The minimum atomic E-state index is -4.76. The van der Waals surface area contributed by atoms with Gasteiger partial charge in [0.05, 0.1) is 6.10 Å². The molecule has 3 N–H and O–H groups in total. The maximum absolute atomic E-state index is 13.5. The van der Waals surface area contributed by atoms with Gasteiger partial charge in [0, 0.05) is 32.1 Å². The van der Waals surface area contributed by atoms with Crippen LogP contribution in [0.25, 0.3) is 0 Å². The first-order valence-corrected chi connectivity index (χ1v) is 14.2. The third-order valence-electron chi connectivity index (χ3n) is 5.94. The Morgan fingerprint density at radius 2 is 1.78 bits per heavy atom. The molecule has 7 nitrogen and oxygen atoms in total. The molecule has 0 saturated heterocycles. The number of carbonyl (C=O) groups is 1. The fourth-order valence-electron chi connectivity index (χ4n) is 3.86. The maximum atomic E-state index is 13.5. The van der Waals surface area contributed by atoms with E-state index in [4.69, 9.17) is 5.11 Å². The number of carboxylic acids is 1. The number of benzene rings is 1. The van der Waals surface area contributed by atoms with Crippen molar-refractivity contribution in [1.29, 1.82) is 0 Å². The van der Waals surface area contributed by atoms with Gasteiger partial charge in [-0.2, -0.15) is 17.5 Å². The molecule has 1 aromatic heterocycles. The molecule has 0 amide bonds. The second-order valence-corrected chi connectivity index (χ2v) is 13.0. The Hall–Kier alpha value is -1.99. The molecule has 1 aromatic carbocycles. The van der Waals surface area contributed by atoms with Crippen molar-refractivity contribution in [3.05, 3.63) is 52.4 Å². The molecule has 12 heteroatoms. The number of aliphatic hydroxyl groups is 1. The van der Waals surface area contributed by atoms with E-state index in [2.05, 4.69) is 17.4 Å². The van der Waals surface area contributed by atoms with Gasteiger partial charge < -0.3 is 15.5 Å². The van der Waals surface area contributed by atoms with E-state index in [-0.39, 0.29) is 54.8 Å². The van der Waals surface area contributed by atoms with Crippen molar-refractivity contribution in [1.82, 2.24) is 9.62 Å². The number of β-amino-alcohol motifs (C(OH)–C–C–N with tert-alkyl or cyclic N) is 1. The van der Waals surface area contributed by atoms with Gasteiger partial charge in [0.1, 0.15) is 9.09 Å². The number of aliphatic carboxylic acids is 1. The maximum Gasteiger partial charge on any atom is 0.425 e. The molecule has 0 aliphatic heterocycles. The van der Waals surface area contributed by atoms with Crippen LogP contribution in [0.1, 0.15) is 55.5 Å². The molecule has 0 aliphatic rings. The zero-order valence-corrected chi connectivity index (χ0v) is 22.8. The predicted octanol–water partition coefficient (Wildman–Crippen LogP) is 4.55. The van der Waals surface area contributed by atoms with Gasteiger partial charge in [-0.25, -0.2) is 8.42 Å². The summed E-state index contributed by atoms with van der Waals surface area (Å²) in [7, 11) is -3.08. The van der Waals surface area contributed by atoms with Gasteiger partial charge in [0.15, 0.2) is 0 Å². The molecule has 1 atom stereocenters. The fraction of sp³-hybridized carbons (Fsp3) is 0.560. The van der Waals surface area contributed by atoms with Crippen molar-refractivity contribution in [2.45, 2.75) is 74.4 Å². The average molecular weight is 565 g/mol. The smallest absolute Gasteiger partial charge is 0.425 e. The molecule has 0 spiro atoms. The molecular weight excluding hydrogens is 529 g/mol. The van der Waals surface area contributed by atoms with Gasteiger partial charge in [-0.1, -0.05) is 30.3 Å². The highest BCUT2D eigenvalue weighted by Crippen LogP contribution is 2.40. The van der Waals surface area contributed by atoms with Crippen LogP contribution >= 0.6 is 11.3 Å². The lowest BCUT2D eigenvalue weighted by Crippen LogP contribution is -2.46. The number of carboxylic acid groups (broad SMARTS) is 1. The highest BCUT2D eigenvalue weighted by Gasteiger charge is 2.38. The molecule has 37 heavy (non-hydrogen) atoms. The molecule has 0 saturated carbocycles. The number of halogens is 3. The van der Waals surface area contributed by atoms with Crippen molar-refractivity contribution in [3.63, 3.8) is 0 Å². The second kappa shape index (κ2) is 13.2. The van der Waals surface area contributed by atoms with Crippen LogP contribution in [-0.4, -0.2) is 60.7 Å². The standard InChI is InChI=1S/C25H35F3N2O5S2/c1-24(2,14-8-11-18-9-5-4-6-10-18)29-16-20(31)17-30(3)37(34,35)22-15-19(12-7-13-21(32)33)23(36-22)25(26,27)28/h4-6,9-10,15,20,29,31H,7-8,11-14,16-17H2,1-3H3,(H,32,33)/t20-/m1/s1. The Balaban J connectivity index is 1.96. The summed E-state index contributed by atoms with van der Waals surface area (Å²) in [5.74, 6) is -1.14. The third-order valence-corrected chi connectivity index (χ3v) is 9.43. The molecule has 2 aromatic rings. The summed E-state index contributed by atoms with van der Waals surface area (Å²) in [4.78, 5) is 9.65. The number of aryl methyl sites for hydroxylation is 2. The fourth-order valence-corrected chi connectivity index (χ4v) is 6.69. The number of nitrogens with zero attached hydrogens (tertiary/aromatic N) is 1. The lowest BCUT2D eigenvalue weighted by molar-refractivity contribution is -0.137. The Kier molecular flexibility index (Phi) is 11.1. The number of hydrogen-bond donors (Lipinski definition) is 3. The summed E-state index contributed by atoms with van der Waals surface area (Å²) in [5, 5.41) is 22.4. The number of aliphatic hydroxyl groups excluding tert-OH is 1. The zero-order valence-electron chi connectivity index (χ0n) is 21.2. The summed E-state index contributed by atoms with van der Waals surface area (Å²) in [6.45, 7) is 3.78. The van der Waals surface area contributed by atoms with Crippen molar-refractivity contribution < 1.29 is 36.6 Å². The van der Waals surface area contributed by atoms with Crippen LogP contribution in [0, 0.1) is 0 Å². The largest absolute Gasteiger partial charge is 0.481 e. The van der Waals surface area contributed by atoms with Gasteiger partial charge in [-0.15, -0.1) is 11.3 Å². The Labute approximate surface area is 220 Å². The van der Waals surface area contributed by atoms with Crippen LogP contribution in [0.15, 0.2) is 40.6 Å². The summed E-state index contributed by atoms with van der Waals surface area (Å²) in [5.41, 5.74) is 0.676. The van der Waals surface area contributed by atoms with E-state index in [1.54, 1.807) is 0 Å². The van der Waals surface area contributed by atoms with Crippen molar-refractivity contribution in [3.8, 4) is 0 Å². The van der Waals surface area contributed by atoms with Crippen molar-refractivity contribution >= 4 is 27.3 Å². The van der Waals surface area contributed by atoms with E-state index < -0.39 is 37.4 Å². The zero-order chi connectivity index (χ0) is 27.9. The normalized spacial score (nSPS) is 13.7. The van der Waals surface area contributed by atoms with Crippen molar-refractivity contribution in [2.75, 3.05) is 20.1 Å². The first kappa shape index (κ1) is 31.2. The van der Waals surface area contributed by atoms with Crippen molar-refractivity contribution in [2.24, 2.45) is 0 Å². The number of thiophene rings is 1. The molecule has 1 heterocycles. The average Bonchev–Trinajstić information content (AvgIpc) is 3.24. The quantitative estimate of drug-likeness (QED) is 0.293.